The highest BCUT2D eigenvalue weighted by atomic mass is 35.5. The molecule has 4 N–H and O–H groups in total. The molecule has 0 aromatic carbocycles. The Morgan fingerprint density at radius 2 is 1.94 bits per heavy atom. The number of rotatable bonds is 3. The Kier molecular flexibility index (Phi) is 5.40. The van der Waals surface area contributed by atoms with E-state index in [0.29, 0.717) is 18.3 Å². The van der Waals surface area contributed by atoms with Gasteiger partial charge in [-0.2, -0.15) is 4.98 Å². The first-order chi connectivity index (χ1) is 6.98. The monoisotopic (exact) mass is 282 g/mol. The van der Waals surface area contributed by atoms with Crippen molar-refractivity contribution >= 4 is 24.8 Å². The topological polar surface area (TPSA) is 91.0 Å². The van der Waals surface area contributed by atoms with Crippen LogP contribution in [0.3, 0.4) is 0 Å². The summed E-state index contributed by atoms with van der Waals surface area (Å²) in [5, 5.41) is 3.96. The van der Waals surface area contributed by atoms with Gasteiger partial charge in [0.15, 0.2) is 5.82 Å². The molecule has 17 heavy (non-hydrogen) atoms. The minimum atomic E-state index is -0.355. The van der Waals surface area contributed by atoms with Crippen LogP contribution in [0.4, 0.5) is 0 Å². The standard InChI is InChI=1S/C10H18N4O.2ClH/c1-9(2,6-11)8-13-7(14-15-8)10(12)4-3-5-10;;/h3-6,11-12H2,1-2H3;2*1H. The van der Waals surface area contributed by atoms with Gasteiger partial charge >= 0.3 is 0 Å². The lowest BCUT2D eigenvalue weighted by Gasteiger charge is -2.34. The predicted molar refractivity (Wildman–Crippen MR) is 70.6 cm³/mol. The lowest BCUT2D eigenvalue weighted by molar-refractivity contribution is 0.227. The van der Waals surface area contributed by atoms with E-state index in [1.165, 1.54) is 0 Å². The van der Waals surface area contributed by atoms with Crippen LogP contribution in [0.2, 0.25) is 0 Å². The van der Waals surface area contributed by atoms with Crippen LogP contribution >= 0.6 is 24.8 Å². The van der Waals surface area contributed by atoms with Crippen molar-refractivity contribution in [1.29, 1.82) is 0 Å². The zero-order chi connectivity index (χ0) is 11.1. The molecule has 0 amide bonds. The maximum Gasteiger partial charge on any atom is 0.233 e. The Morgan fingerprint density at radius 1 is 1.35 bits per heavy atom. The van der Waals surface area contributed by atoms with Crippen molar-refractivity contribution in [2.75, 3.05) is 6.54 Å². The Labute approximate surface area is 114 Å². The molecule has 0 aliphatic heterocycles. The third kappa shape index (κ3) is 2.91. The fourth-order valence-corrected chi connectivity index (χ4v) is 1.57. The number of hydrogen-bond acceptors (Lipinski definition) is 5. The zero-order valence-corrected chi connectivity index (χ0v) is 11.7. The number of nitrogens with two attached hydrogens (primary N) is 2. The molecule has 100 valence electrons. The summed E-state index contributed by atoms with van der Waals surface area (Å²) in [7, 11) is 0. The summed E-state index contributed by atoms with van der Waals surface area (Å²) in [4.78, 5) is 4.36. The highest BCUT2D eigenvalue weighted by molar-refractivity contribution is 5.85. The molecule has 0 bridgehead atoms. The minimum absolute atomic E-state index is 0. The Bertz CT molecular complexity index is 337. The zero-order valence-electron chi connectivity index (χ0n) is 10.1. The average molecular weight is 283 g/mol. The van der Waals surface area contributed by atoms with Crippen LogP contribution in [0.15, 0.2) is 4.52 Å². The van der Waals surface area contributed by atoms with Gasteiger partial charge in [-0.25, -0.2) is 0 Å². The van der Waals surface area contributed by atoms with E-state index in [9.17, 15) is 0 Å². The smallest absolute Gasteiger partial charge is 0.233 e. The Hall–Kier alpha value is -0.360. The van der Waals surface area contributed by atoms with Crippen molar-refractivity contribution in [1.82, 2.24) is 10.1 Å². The molecule has 0 spiro atoms. The SMILES string of the molecule is CC(C)(CN)c1nc(C2(N)CCC2)no1.Cl.Cl. The van der Waals surface area contributed by atoms with Crippen LogP contribution in [-0.2, 0) is 11.0 Å². The van der Waals surface area contributed by atoms with Gasteiger partial charge in [0, 0.05) is 6.54 Å². The summed E-state index contributed by atoms with van der Waals surface area (Å²) in [6.07, 6.45) is 3.02. The highest BCUT2D eigenvalue weighted by Gasteiger charge is 2.40. The summed E-state index contributed by atoms with van der Waals surface area (Å²) in [6.45, 7) is 4.44. The Morgan fingerprint density at radius 3 is 2.35 bits per heavy atom. The molecule has 1 heterocycles. The molecule has 1 aliphatic rings. The van der Waals surface area contributed by atoms with E-state index in [2.05, 4.69) is 10.1 Å². The van der Waals surface area contributed by atoms with E-state index in [0.717, 1.165) is 19.3 Å². The van der Waals surface area contributed by atoms with Gasteiger partial charge in [-0.1, -0.05) is 5.16 Å². The molecular weight excluding hydrogens is 263 g/mol. The van der Waals surface area contributed by atoms with Crippen LogP contribution in [0.1, 0.15) is 44.8 Å². The molecule has 2 rings (SSSR count). The van der Waals surface area contributed by atoms with Crippen molar-refractivity contribution in [3.05, 3.63) is 11.7 Å². The number of halogens is 2. The van der Waals surface area contributed by atoms with Crippen LogP contribution in [0.25, 0.3) is 0 Å². The normalized spacial score (nSPS) is 17.6. The molecule has 1 aromatic rings. The molecule has 0 atom stereocenters. The van der Waals surface area contributed by atoms with Gasteiger partial charge in [-0.15, -0.1) is 24.8 Å². The van der Waals surface area contributed by atoms with Crippen molar-refractivity contribution < 1.29 is 4.52 Å². The van der Waals surface area contributed by atoms with Gasteiger partial charge in [0.05, 0.1) is 11.0 Å². The van der Waals surface area contributed by atoms with Crippen LogP contribution < -0.4 is 11.5 Å². The molecule has 0 unspecified atom stereocenters. The predicted octanol–water partition coefficient (Wildman–Crippen LogP) is 1.49. The number of nitrogens with zero attached hydrogens (tertiary/aromatic N) is 2. The first-order valence-electron chi connectivity index (χ1n) is 5.32. The second-order valence-corrected chi connectivity index (χ2v) is 5.02. The lowest BCUT2D eigenvalue weighted by atomic mass is 9.77. The molecule has 0 radical (unpaired) electrons. The minimum Gasteiger partial charge on any atom is -0.339 e. The lowest BCUT2D eigenvalue weighted by Crippen LogP contribution is -2.44. The van der Waals surface area contributed by atoms with E-state index >= 15 is 0 Å². The first-order valence-corrected chi connectivity index (χ1v) is 5.32. The summed E-state index contributed by atoms with van der Waals surface area (Å²) < 4.78 is 5.22. The van der Waals surface area contributed by atoms with E-state index in [1.54, 1.807) is 0 Å². The van der Waals surface area contributed by atoms with E-state index in [-0.39, 0.29) is 35.8 Å². The maximum absolute atomic E-state index is 6.11. The summed E-state index contributed by atoms with van der Waals surface area (Å²) in [6, 6.07) is 0. The summed E-state index contributed by atoms with van der Waals surface area (Å²) in [5.74, 6) is 1.21. The van der Waals surface area contributed by atoms with Gasteiger partial charge in [0.1, 0.15) is 0 Å². The van der Waals surface area contributed by atoms with E-state index in [1.807, 2.05) is 13.8 Å². The van der Waals surface area contributed by atoms with Gasteiger partial charge in [0.25, 0.3) is 0 Å². The Balaban J connectivity index is 0.00000128. The highest BCUT2D eigenvalue weighted by Crippen LogP contribution is 2.37. The van der Waals surface area contributed by atoms with Gasteiger partial charge in [-0.05, 0) is 33.1 Å². The molecule has 0 saturated heterocycles. The third-order valence-electron chi connectivity index (χ3n) is 3.21. The fraction of sp³-hybridized carbons (Fsp3) is 0.800. The van der Waals surface area contributed by atoms with Gasteiger partial charge < -0.3 is 16.0 Å². The van der Waals surface area contributed by atoms with E-state index < -0.39 is 0 Å². The van der Waals surface area contributed by atoms with Crippen molar-refractivity contribution in [3.8, 4) is 0 Å². The quantitative estimate of drug-likeness (QED) is 0.877. The maximum atomic E-state index is 6.11. The van der Waals surface area contributed by atoms with Crippen molar-refractivity contribution in [2.45, 2.75) is 44.1 Å². The summed E-state index contributed by atoms with van der Waals surface area (Å²) in [5.41, 5.74) is 11.1. The van der Waals surface area contributed by atoms with Gasteiger partial charge in [-0.3, -0.25) is 0 Å². The number of hydrogen-bond donors (Lipinski definition) is 2. The van der Waals surface area contributed by atoms with Crippen LogP contribution in [0.5, 0.6) is 0 Å². The van der Waals surface area contributed by atoms with E-state index in [4.69, 9.17) is 16.0 Å². The average Bonchev–Trinajstić information content (AvgIpc) is 2.63. The largest absolute Gasteiger partial charge is 0.339 e. The third-order valence-corrected chi connectivity index (χ3v) is 3.21. The summed E-state index contributed by atoms with van der Waals surface area (Å²) >= 11 is 0. The van der Waals surface area contributed by atoms with Crippen LogP contribution in [0, 0.1) is 0 Å². The second-order valence-electron chi connectivity index (χ2n) is 5.02. The van der Waals surface area contributed by atoms with Gasteiger partial charge in [0.2, 0.25) is 5.89 Å². The molecular formula is C10H20Cl2N4O. The molecule has 1 fully saturated rings. The van der Waals surface area contributed by atoms with Crippen LogP contribution in [-0.4, -0.2) is 16.7 Å². The fourth-order valence-electron chi connectivity index (χ4n) is 1.57. The molecule has 1 saturated carbocycles. The second kappa shape index (κ2) is 5.52. The molecule has 5 nitrogen and oxygen atoms in total. The molecule has 1 aromatic heterocycles. The molecule has 1 aliphatic carbocycles. The number of aromatic nitrogens is 2. The first kappa shape index (κ1) is 16.6. The molecule has 7 heteroatoms. The van der Waals surface area contributed by atoms with Crippen molar-refractivity contribution in [2.24, 2.45) is 11.5 Å². The van der Waals surface area contributed by atoms with Crippen molar-refractivity contribution in [3.63, 3.8) is 0 Å².